The fourth-order valence-electron chi connectivity index (χ4n) is 9.31. The molecule has 0 radical (unpaired) electrons. The maximum Gasteiger partial charge on any atom is 0.0468 e. The van der Waals surface area contributed by atoms with Crippen LogP contribution in [0.15, 0.2) is 212 Å². The Labute approximate surface area is 340 Å². The second-order valence-electron chi connectivity index (χ2n) is 16.2. The van der Waals surface area contributed by atoms with E-state index in [1.165, 1.54) is 88.0 Å². The van der Waals surface area contributed by atoms with Gasteiger partial charge in [-0.05, 0) is 143 Å². The fraction of sp³-hybridized carbons (Fsp3) is 0.0526. The van der Waals surface area contributed by atoms with Crippen molar-refractivity contribution in [2.75, 3.05) is 4.90 Å². The zero-order valence-electron chi connectivity index (χ0n) is 32.7. The Morgan fingerprint density at radius 2 is 0.793 bits per heavy atom. The van der Waals surface area contributed by atoms with Crippen molar-refractivity contribution in [3.8, 4) is 44.5 Å². The summed E-state index contributed by atoms with van der Waals surface area (Å²) in [6, 6.07) is 78.2. The first kappa shape index (κ1) is 34.1. The number of para-hydroxylation sites is 1. The molecule has 11 rings (SSSR count). The van der Waals surface area contributed by atoms with Gasteiger partial charge in [-0.25, -0.2) is 0 Å². The van der Waals surface area contributed by atoms with E-state index in [0.717, 1.165) is 17.1 Å². The van der Waals surface area contributed by atoms with Gasteiger partial charge in [0.2, 0.25) is 0 Å². The van der Waals surface area contributed by atoms with Gasteiger partial charge in [0.05, 0.1) is 0 Å². The number of hydrogen-bond donors (Lipinski definition) is 0. The van der Waals surface area contributed by atoms with E-state index in [9.17, 15) is 0 Å². The van der Waals surface area contributed by atoms with Crippen molar-refractivity contribution >= 4 is 49.4 Å². The number of hydrogen-bond acceptors (Lipinski definition) is 1. The predicted octanol–water partition coefficient (Wildman–Crippen LogP) is 15.9. The summed E-state index contributed by atoms with van der Waals surface area (Å²) >= 11 is 0. The molecule has 10 aromatic rings. The highest BCUT2D eigenvalue weighted by Crippen LogP contribution is 2.52. The van der Waals surface area contributed by atoms with E-state index in [-0.39, 0.29) is 5.41 Å². The molecule has 0 heterocycles. The third-order valence-corrected chi connectivity index (χ3v) is 12.4. The Morgan fingerprint density at radius 3 is 1.59 bits per heavy atom. The summed E-state index contributed by atoms with van der Waals surface area (Å²) in [6.07, 6.45) is 0. The van der Waals surface area contributed by atoms with Gasteiger partial charge in [0.15, 0.2) is 0 Å². The van der Waals surface area contributed by atoms with Gasteiger partial charge in [-0.2, -0.15) is 0 Å². The molecule has 0 bridgehead atoms. The smallest absolute Gasteiger partial charge is 0.0468 e. The average Bonchev–Trinajstić information content (AvgIpc) is 3.51. The topological polar surface area (TPSA) is 3.24 Å². The molecule has 0 unspecified atom stereocenters. The molecule has 0 saturated heterocycles. The van der Waals surface area contributed by atoms with Crippen LogP contribution < -0.4 is 4.90 Å². The minimum atomic E-state index is -0.176. The molecule has 0 amide bonds. The summed E-state index contributed by atoms with van der Waals surface area (Å²) in [5.41, 5.74) is 16.1. The molecular weight excluding hydrogens is 699 g/mol. The van der Waals surface area contributed by atoms with Crippen LogP contribution in [0.4, 0.5) is 17.1 Å². The Hall–Kier alpha value is -7.22. The Morgan fingerprint density at radius 1 is 0.293 bits per heavy atom. The van der Waals surface area contributed by atoms with Crippen LogP contribution in [0.3, 0.4) is 0 Å². The Kier molecular flexibility index (Phi) is 7.91. The lowest BCUT2D eigenvalue weighted by Crippen LogP contribution is -2.16. The van der Waals surface area contributed by atoms with Crippen LogP contribution in [0.2, 0.25) is 0 Å². The van der Waals surface area contributed by atoms with Crippen molar-refractivity contribution < 1.29 is 0 Å². The second-order valence-corrected chi connectivity index (χ2v) is 16.2. The van der Waals surface area contributed by atoms with Crippen molar-refractivity contribution in [2.45, 2.75) is 19.3 Å². The third kappa shape index (κ3) is 5.70. The lowest BCUT2D eigenvalue weighted by atomic mass is 9.81. The molecule has 274 valence electrons. The number of nitrogens with zero attached hydrogens (tertiary/aromatic N) is 1. The standard InChI is InChI=1S/C57H41N/c1-57(2)55-36-47(39-19-22-41(23-20-39)52-18-10-14-40-12-8-9-17-51(40)52)28-31-53(55)54-32-30-50(37-56(54)57)58(48-15-4-3-5-16-48)49-29-27-45-34-44(25-26-46(45)35-49)43-24-21-38-11-6-7-13-42(38)33-43/h3-37H,1-2H3. The quantitative estimate of drug-likeness (QED) is 0.164. The molecule has 0 aromatic heterocycles. The third-order valence-electron chi connectivity index (χ3n) is 12.4. The molecular formula is C57H41N. The van der Waals surface area contributed by atoms with E-state index in [1.807, 2.05) is 0 Å². The molecule has 0 atom stereocenters. The van der Waals surface area contributed by atoms with Crippen LogP contribution in [0.25, 0.3) is 76.8 Å². The highest BCUT2D eigenvalue weighted by molar-refractivity contribution is 5.98. The molecule has 0 saturated carbocycles. The number of anilines is 3. The highest BCUT2D eigenvalue weighted by Gasteiger charge is 2.36. The SMILES string of the molecule is CC1(C)c2cc(-c3ccc(-c4cccc5ccccc45)cc3)ccc2-c2ccc(N(c3ccccc3)c3ccc4cc(-c5ccc6ccccc6c5)ccc4c3)cc21. The van der Waals surface area contributed by atoms with Crippen LogP contribution in [0.1, 0.15) is 25.0 Å². The largest absolute Gasteiger partial charge is 0.310 e. The van der Waals surface area contributed by atoms with Gasteiger partial charge in [-0.1, -0.05) is 172 Å². The number of fused-ring (bicyclic) bond motifs is 6. The summed E-state index contributed by atoms with van der Waals surface area (Å²) in [7, 11) is 0. The summed E-state index contributed by atoms with van der Waals surface area (Å²) in [5.74, 6) is 0. The maximum atomic E-state index is 2.42. The molecule has 58 heavy (non-hydrogen) atoms. The predicted molar refractivity (Wildman–Crippen MR) is 248 cm³/mol. The summed E-state index contributed by atoms with van der Waals surface area (Å²) < 4.78 is 0. The molecule has 1 aliphatic rings. The fourth-order valence-corrected chi connectivity index (χ4v) is 9.31. The van der Waals surface area contributed by atoms with Crippen LogP contribution in [-0.4, -0.2) is 0 Å². The molecule has 1 aliphatic carbocycles. The van der Waals surface area contributed by atoms with Crippen molar-refractivity contribution in [1.82, 2.24) is 0 Å². The van der Waals surface area contributed by atoms with Gasteiger partial charge in [0.1, 0.15) is 0 Å². The molecule has 0 spiro atoms. The van der Waals surface area contributed by atoms with Crippen LogP contribution >= 0.6 is 0 Å². The molecule has 10 aromatic carbocycles. The van der Waals surface area contributed by atoms with Crippen molar-refractivity contribution in [3.63, 3.8) is 0 Å². The van der Waals surface area contributed by atoms with Crippen molar-refractivity contribution in [3.05, 3.63) is 223 Å². The first-order chi connectivity index (χ1) is 28.5. The van der Waals surface area contributed by atoms with E-state index >= 15 is 0 Å². The van der Waals surface area contributed by atoms with Gasteiger partial charge in [0, 0.05) is 22.5 Å². The van der Waals surface area contributed by atoms with Gasteiger partial charge in [0.25, 0.3) is 0 Å². The number of rotatable bonds is 6. The minimum absolute atomic E-state index is 0.176. The van der Waals surface area contributed by atoms with Gasteiger partial charge >= 0.3 is 0 Å². The zero-order valence-corrected chi connectivity index (χ0v) is 32.7. The van der Waals surface area contributed by atoms with Crippen LogP contribution in [0, 0.1) is 0 Å². The van der Waals surface area contributed by atoms with Crippen molar-refractivity contribution in [2.24, 2.45) is 0 Å². The van der Waals surface area contributed by atoms with E-state index in [1.54, 1.807) is 0 Å². The normalized spacial score (nSPS) is 12.8. The molecule has 0 aliphatic heterocycles. The average molecular weight is 740 g/mol. The molecule has 1 nitrogen and oxygen atoms in total. The van der Waals surface area contributed by atoms with E-state index in [0.29, 0.717) is 0 Å². The maximum absolute atomic E-state index is 2.42. The summed E-state index contributed by atoms with van der Waals surface area (Å²) in [6.45, 7) is 4.76. The zero-order chi connectivity index (χ0) is 38.8. The first-order valence-electron chi connectivity index (χ1n) is 20.2. The lowest BCUT2D eigenvalue weighted by Gasteiger charge is -2.28. The van der Waals surface area contributed by atoms with Crippen LogP contribution in [0.5, 0.6) is 0 Å². The Balaban J connectivity index is 0.931. The van der Waals surface area contributed by atoms with E-state index < -0.39 is 0 Å². The van der Waals surface area contributed by atoms with Crippen LogP contribution in [-0.2, 0) is 5.41 Å². The second kappa shape index (κ2) is 13.5. The highest BCUT2D eigenvalue weighted by atomic mass is 15.1. The molecule has 0 N–H and O–H groups in total. The van der Waals surface area contributed by atoms with E-state index in [4.69, 9.17) is 0 Å². The molecule has 0 fully saturated rings. The minimum Gasteiger partial charge on any atom is -0.310 e. The van der Waals surface area contributed by atoms with Gasteiger partial charge < -0.3 is 4.90 Å². The first-order valence-corrected chi connectivity index (χ1v) is 20.2. The summed E-state index contributed by atoms with van der Waals surface area (Å²) in [4.78, 5) is 2.40. The Bertz CT molecular complexity index is 3180. The number of benzene rings is 10. The van der Waals surface area contributed by atoms with Gasteiger partial charge in [-0.3, -0.25) is 0 Å². The van der Waals surface area contributed by atoms with E-state index in [2.05, 4.69) is 231 Å². The lowest BCUT2D eigenvalue weighted by molar-refractivity contribution is 0.660. The van der Waals surface area contributed by atoms with Crippen molar-refractivity contribution in [1.29, 1.82) is 0 Å². The molecule has 1 heteroatoms. The monoisotopic (exact) mass is 739 g/mol. The summed E-state index contributed by atoms with van der Waals surface area (Å²) in [5, 5.41) is 7.52. The van der Waals surface area contributed by atoms with Gasteiger partial charge in [-0.15, -0.1) is 0 Å².